The Morgan fingerprint density at radius 2 is 1.59 bits per heavy atom. The third-order valence-electron chi connectivity index (χ3n) is 2.40. The van der Waals surface area contributed by atoms with Gasteiger partial charge >= 0.3 is 0 Å². The van der Waals surface area contributed by atoms with Gasteiger partial charge in [0.15, 0.2) is 17.5 Å². The van der Waals surface area contributed by atoms with E-state index in [1.807, 2.05) is 0 Å². The molecule has 1 rings (SSSR count). The Morgan fingerprint density at radius 3 is 2.06 bits per heavy atom. The highest BCUT2D eigenvalue weighted by molar-refractivity contribution is 5.85. The molecule has 98 valence electrons. The van der Waals surface area contributed by atoms with Gasteiger partial charge < -0.3 is 11.5 Å². The minimum Gasteiger partial charge on any atom is -0.330 e. The monoisotopic (exact) mass is 268 g/mol. The molecule has 0 radical (unpaired) electrons. The Morgan fingerprint density at radius 1 is 1.06 bits per heavy atom. The van der Waals surface area contributed by atoms with E-state index in [0.29, 0.717) is 13.0 Å². The molecule has 0 spiro atoms. The lowest BCUT2D eigenvalue weighted by molar-refractivity contribution is 0.442. The van der Waals surface area contributed by atoms with E-state index in [-0.39, 0.29) is 18.0 Å². The van der Waals surface area contributed by atoms with Gasteiger partial charge in [0.1, 0.15) is 0 Å². The average Bonchev–Trinajstić information content (AvgIpc) is 2.25. The van der Waals surface area contributed by atoms with Gasteiger partial charge in [0.05, 0.1) is 0 Å². The Balaban J connectivity index is 0.00000256. The van der Waals surface area contributed by atoms with Crippen LogP contribution in [0.15, 0.2) is 12.1 Å². The number of nitrogens with two attached hydrogens (primary N) is 2. The van der Waals surface area contributed by atoms with Crippen LogP contribution in [-0.2, 0) is 0 Å². The SMILES string of the molecule is Cl.NCCCC[C@@H](N)c1cc(F)c(F)c(F)c1. The quantitative estimate of drug-likeness (QED) is 0.637. The molecule has 0 amide bonds. The lowest BCUT2D eigenvalue weighted by atomic mass is 10.0. The molecule has 0 heterocycles. The van der Waals surface area contributed by atoms with E-state index < -0.39 is 23.5 Å². The van der Waals surface area contributed by atoms with Crippen molar-refractivity contribution in [2.75, 3.05) is 6.54 Å². The molecule has 1 aromatic carbocycles. The van der Waals surface area contributed by atoms with Crippen molar-refractivity contribution in [3.8, 4) is 0 Å². The van der Waals surface area contributed by atoms with Gasteiger partial charge in [-0.3, -0.25) is 0 Å². The second-order valence-electron chi connectivity index (χ2n) is 3.69. The van der Waals surface area contributed by atoms with Crippen LogP contribution >= 0.6 is 12.4 Å². The number of benzene rings is 1. The van der Waals surface area contributed by atoms with Crippen molar-refractivity contribution in [3.05, 3.63) is 35.1 Å². The summed E-state index contributed by atoms with van der Waals surface area (Å²) in [6, 6.07) is 1.38. The van der Waals surface area contributed by atoms with Crippen molar-refractivity contribution >= 4 is 12.4 Å². The molecule has 17 heavy (non-hydrogen) atoms. The Hall–Kier alpha value is -0.780. The second kappa shape index (κ2) is 7.53. The van der Waals surface area contributed by atoms with Crippen molar-refractivity contribution in [3.63, 3.8) is 0 Å². The summed E-state index contributed by atoms with van der Waals surface area (Å²) in [5.74, 6) is -3.87. The van der Waals surface area contributed by atoms with Crippen molar-refractivity contribution in [2.45, 2.75) is 25.3 Å². The molecule has 0 saturated carbocycles. The van der Waals surface area contributed by atoms with Crippen molar-refractivity contribution in [1.82, 2.24) is 0 Å². The summed E-state index contributed by atoms with van der Waals surface area (Å²) in [6.45, 7) is 0.554. The summed E-state index contributed by atoms with van der Waals surface area (Å²) in [6.07, 6.45) is 2.15. The zero-order valence-electron chi connectivity index (χ0n) is 9.26. The smallest absolute Gasteiger partial charge is 0.194 e. The fourth-order valence-corrected chi connectivity index (χ4v) is 1.46. The molecule has 0 fully saturated rings. The first-order valence-electron chi connectivity index (χ1n) is 5.16. The minimum absolute atomic E-state index is 0. The maximum Gasteiger partial charge on any atom is 0.194 e. The predicted octanol–water partition coefficient (Wildman–Crippen LogP) is 2.65. The van der Waals surface area contributed by atoms with Crippen molar-refractivity contribution in [2.24, 2.45) is 11.5 Å². The third-order valence-corrected chi connectivity index (χ3v) is 2.40. The van der Waals surface area contributed by atoms with Crippen LogP contribution in [0.5, 0.6) is 0 Å². The molecule has 0 aromatic heterocycles. The molecular formula is C11H16ClF3N2. The van der Waals surface area contributed by atoms with E-state index in [2.05, 4.69) is 0 Å². The summed E-state index contributed by atoms with van der Waals surface area (Å²) < 4.78 is 38.5. The Labute approximate surface area is 105 Å². The fourth-order valence-electron chi connectivity index (χ4n) is 1.46. The zero-order chi connectivity index (χ0) is 12.1. The van der Waals surface area contributed by atoms with Crippen LogP contribution in [0.25, 0.3) is 0 Å². The van der Waals surface area contributed by atoms with Crippen LogP contribution in [0.1, 0.15) is 30.9 Å². The number of rotatable bonds is 5. The highest BCUT2D eigenvalue weighted by atomic mass is 35.5. The highest BCUT2D eigenvalue weighted by Gasteiger charge is 2.14. The molecule has 0 aliphatic carbocycles. The third kappa shape index (κ3) is 4.53. The van der Waals surface area contributed by atoms with Gasteiger partial charge in [-0.15, -0.1) is 12.4 Å². The molecule has 0 bridgehead atoms. The Bertz CT molecular complexity index is 338. The zero-order valence-corrected chi connectivity index (χ0v) is 10.1. The van der Waals surface area contributed by atoms with Crippen LogP contribution in [0.4, 0.5) is 13.2 Å². The van der Waals surface area contributed by atoms with Gasteiger partial charge in [0, 0.05) is 6.04 Å². The molecular weight excluding hydrogens is 253 g/mol. The van der Waals surface area contributed by atoms with Crippen molar-refractivity contribution < 1.29 is 13.2 Å². The summed E-state index contributed by atoms with van der Waals surface area (Å²) in [4.78, 5) is 0. The number of hydrogen-bond acceptors (Lipinski definition) is 2. The van der Waals surface area contributed by atoms with E-state index >= 15 is 0 Å². The van der Waals surface area contributed by atoms with Gasteiger partial charge in [-0.1, -0.05) is 6.42 Å². The first kappa shape index (κ1) is 16.2. The Kier molecular flexibility index (Phi) is 7.18. The standard InChI is InChI=1S/C11H15F3N2.ClH/c12-8-5-7(6-9(13)11(8)14)10(16)3-1-2-4-15;/h5-6,10H,1-4,15-16H2;1H/t10-;/m1./s1. The number of hydrogen-bond donors (Lipinski definition) is 2. The molecule has 4 N–H and O–H groups in total. The van der Waals surface area contributed by atoms with Crippen LogP contribution in [-0.4, -0.2) is 6.54 Å². The maximum atomic E-state index is 12.9. The summed E-state index contributed by atoms with van der Waals surface area (Å²) >= 11 is 0. The van der Waals surface area contributed by atoms with Crippen LogP contribution in [0.2, 0.25) is 0 Å². The predicted molar refractivity (Wildman–Crippen MR) is 63.4 cm³/mol. The lowest BCUT2D eigenvalue weighted by Gasteiger charge is -2.12. The van der Waals surface area contributed by atoms with Gasteiger partial charge in [-0.25, -0.2) is 13.2 Å². The first-order valence-corrected chi connectivity index (χ1v) is 5.16. The second-order valence-corrected chi connectivity index (χ2v) is 3.69. The topological polar surface area (TPSA) is 52.0 Å². The molecule has 0 aliphatic heterocycles. The van der Waals surface area contributed by atoms with E-state index in [9.17, 15) is 13.2 Å². The van der Waals surface area contributed by atoms with E-state index in [1.165, 1.54) is 0 Å². The normalized spacial score (nSPS) is 12.1. The van der Waals surface area contributed by atoms with E-state index in [4.69, 9.17) is 11.5 Å². The highest BCUT2D eigenvalue weighted by Crippen LogP contribution is 2.21. The molecule has 6 heteroatoms. The minimum atomic E-state index is -1.46. The van der Waals surface area contributed by atoms with Gasteiger partial charge in [-0.05, 0) is 37.1 Å². The molecule has 1 aromatic rings. The average molecular weight is 269 g/mol. The van der Waals surface area contributed by atoms with Crippen LogP contribution in [0, 0.1) is 17.5 Å². The first-order chi connectivity index (χ1) is 7.56. The van der Waals surface area contributed by atoms with Gasteiger partial charge in [-0.2, -0.15) is 0 Å². The fraction of sp³-hybridized carbons (Fsp3) is 0.455. The summed E-state index contributed by atoms with van der Waals surface area (Å²) in [7, 11) is 0. The number of halogens is 4. The largest absolute Gasteiger partial charge is 0.330 e. The van der Waals surface area contributed by atoms with E-state index in [0.717, 1.165) is 25.0 Å². The van der Waals surface area contributed by atoms with Crippen LogP contribution < -0.4 is 11.5 Å². The maximum absolute atomic E-state index is 12.9. The van der Waals surface area contributed by atoms with E-state index in [1.54, 1.807) is 0 Å². The number of unbranched alkanes of at least 4 members (excludes halogenated alkanes) is 1. The van der Waals surface area contributed by atoms with Crippen LogP contribution in [0.3, 0.4) is 0 Å². The summed E-state index contributed by atoms with van der Waals surface area (Å²) in [5, 5.41) is 0. The summed E-state index contributed by atoms with van der Waals surface area (Å²) in [5.41, 5.74) is 11.3. The molecule has 0 saturated heterocycles. The van der Waals surface area contributed by atoms with Gasteiger partial charge in [0.25, 0.3) is 0 Å². The van der Waals surface area contributed by atoms with Crippen molar-refractivity contribution in [1.29, 1.82) is 0 Å². The molecule has 1 atom stereocenters. The molecule has 0 unspecified atom stereocenters. The molecule has 2 nitrogen and oxygen atoms in total. The van der Waals surface area contributed by atoms with Gasteiger partial charge in [0.2, 0.25) is 0 Å². The lowest BCUT2D eigenvalue weighted by Crippen LogP contribution is -2.12. The molecule has 0 aliphatic rings.